The number of nitrogens with zero attached hydrogens (tertiary/aromatic N) is 2. The molecule has 0 unspecified atom stereocenters. The number of rotatable bonds is 58. The molecule has 0 saturated heterocycles. The van der Waals surface area contributed by atoms with Gasteiger partial charge < -0.3 is 5.53 Å². The van der Waals surface area contributed by atoms with Crippen molar-refractivity contribution in [1.29, 1.82) is 0 Å². The summed E-state index contributed by atoms with van der Waals surface area (Å²) in [5.74, 6) is 0. The predicted octanol–water partition coefficient (Wildman–Crippen LogP) is 28.5. The quantitative estimate of drug-likeness (QED) is 0.0358. The minimum Gasteiger partial charge on any atom is -0.0654 e. The van der Waals surface area contributed by atoms with Crippen LogP contribution in [0.4, 0.5) is 0 Å². The third-order valence-corrected chi connectivity index (χ3v) is 19.1. The molecular formula is C78H138N2Ni. The molecule has 0 saturated carbocycles. The van der Waals surface area contributed by atoms with Crippen LogP contribution in [0.5, 0.6) is 0 Å². The Morgan fingerprint density at radius 3 is 0.753 bits per heavy atom. The summed E-state index contributed by atoms with van der Waals surface area (Å²) in [7, 11) is 0. The molecule has 2 aromatic rings. The molecule has 470 valence electrons. The first-order valence-corrected chi connectivity index (χ1v) is 37.9. The number of unbranched alkanes of at least 4 members (excludes halogenated alkanes) is 48. The Balaban J connectivity index is 0.000000596. The SMILES string of the molecule is CCCCCCCCCCCCCCCCCCCCCCCCC1=C(c2cccc(C)c2)[N+](=[N-])C(c2cccc(C)c2)=C1CCCC.CCCCCCCCCCCCCCC[CH2][Ni][CH2]CCCCCCCCCCCCCCC. The standard InChI is InChI=1S/C46H72N2.2C16H33.Ni/c1-5-7-9-10-11-12-13-14-15-16-17-18-19-20-21-22-23-24-25-26-27-28-36-44-43(35-8-6-2)45(41-33-29-31-39(3)37-41)48(47)46(44)42-34-30-32-40(4)38-42;2*1-3-5-7-9-11-13-15-16-14-12-10-8-6-4-2;/h29-34,37-38H,5-28,35-36H2,1-4H3;2*1,3-16H2,2H3;. The fourth-order valence-corrected chi connectivity index (χ4v) is 13.7. The van der Waals surface area contributed by atoms with Crippen molar-refractivity contribution in [2.45, 2.75) is 399 Å². The van der Waals surface area contributed by atoms with Crippen LogP contribution in [0.25, 0.3) is 16.9 Å². The van der Waals surface area contributed by atoms with Crippen molar-refractivity contribution in [3.05, 3.63) is 87.5 Å². The van der Waals surface area contributed by atoms with E-state index in [-0.39, 0.29) is 0 Å². The summed E-state index contributed by atoms with van der Waals surface area (Å²) < 4.78 is 1.53. The van der Waals surface area contributed by atoms with E-state index in [1.807, 2.05) is 14.4 Å². The van der Waals surface area contributed by atoms with Gasteiger partial charge in [0, 0.05) is 22.3 Å². The maximum absolute atomic E-state index is 11.8. The predicted molar refractivity (Wildman–Crippen MR) is 361 cm³/mol. The first kappa shape index (κ1) is 75.1. The van der Waals surface area contributed by atoms with Crippen molar-refractivity contribution >= 4 is 11.4 Å². The average Bonchev–Trinajstić information content (AvgIpc) is 3.88. The minimum atomic E-state index is 0.998. The van der Waals surface area contributed by atoms with Gasteiger partial charge in [-0.1, -0.05) is 243 Å². The third kappa shape index (κ3) is 41.7. The molecule has 0 bridgehead atoms. The van der Waals surface area contributed by atoms with Gasteiger partial charge >= 0.3 is 166 Å². The van der Waals surface area contributed by atoms with Crippen molar-refractivity contribution < 1.29 is 19.1 Å². The molecule has 2 aromatic carbocycles. The van der Waals surface area contributed by atoms with Crippen LogP contribution in [-0.4, -0.2) is 4.70 Å². The topological polar surface area (TPSA) is 25.3 Å². The Bertz CT molecular complexity index is 1740. The molecule has 0 radical (unpaired) electrons. The first-order valence-electron chi connectivity index (χ1n) is 36.5. The summed E-state index contributed by atoms with van der Waals surface area (Å²) >= 11 is 2.04. The van der Waals surface area contributed by atoms with E-state index in [1.54, 1.807) is 0 Å². The van der Waals surface area contributed by atoms with Crippen LogP contribution >= 0.6 is 0 Å². The molecule has 1 aliphatic rings. The molecular weight excluding hydrogens is 1020 g/mol. The van der Waals surface area contributed by atoms with Crippen molar-refractivity contribution in [3.8, 4) is 0 Å². The number of hydrogen-bond donors (Lipinski definition) is 0. The molecule has 1 heterocycles. The number of allylic oxidation sites excluding steroid dienone is 2. The molecule has 0 N–H and O–H groups in total. The Morgan fingerprint density at radius 2 is 0.506 bits per heavy atom. The second-order valence-corrected chi connectivity index (χ2v) is 27.1. The van der Waals surface area contributed by atoms with Crippen molar-refractivity contribution in [2.24, 2.45) is 0 Å². The maximum atomic E-state index is 11.8. The van der Waals surface area contributed by atoms with Crippen LogP contribution in [-0.2, 0) is 14.4 Å². The van der Waals surface area contributed by atoms with Gasteiger partial charge in [0.2, 0.25) is 11.4 Å². The molecule has 81 heavy (non-hydrogen) atoms. The second-order valence-electron chi connectivity index (χ2n) is 25.6. The molecule has 1 aliphatic heterocycles. The van der Waals surface area contributed by atoms with E-state index in [0.29, 0.717) is 0 Å². The van der Waals surface area contributed by atoms with E-state index in [1.165, 1.54) is 359 Å². The van der Waals surface area contributed by atoms with E-state index < -0.39 is 0 Å². The van der Waals surface area contributed by atoms with Gasteiger partial charge in [-0.2, -0.15) is 0 Å². The van der Waals surface area contributed by atoms with E-state index in [4.69, 9.17) is 0 Å². The van der Waals surface area contributed by atoms with Gasteiger partial charge in [-0.15, -0.1) is 0 Å². The molecule has 0 aromatic heterocycles. The fraction of sp³-hybridized carbons (Fsp3) is 0.795. The monoisotopic (exact) mass is 1160 g/mol. The van der Waals surface area contributed by atoms with Crippen LogP contribution in [0.3, 0.4) is 0 Å². The summed E-state index contributed by atoms with van der Waals surface area (Å²) in [5, 5.41) is 2.87. The summed E-state index contributed by atoms with van der Waals surface area (Å²) in [6.45, 7) is 13.5. The van der Waals surface area contributed by atoms with Gasteiger partial charge in [-0.05, 0) is 63.8 Å². The zero-order valence-corrected chi connectivity index (χ0v) is 56.4. The van der Waals surface area contributed by atoms with Gasteiger partial charge in [0.25, 0.3) is 0 Å². The number of aryl methyl sites for hydroxylation is 2. The molecule has 0 aliphatic carbocycles. The van der Waals surface area contributed by atoms with Gasteiger partial charge in [0.05, 0.1) is 0 Å². The van der Waals surface area contributed by atoms with E-state index >= 15 is 0 Å². The van der Waals surface area contributed by atoms with Gasteiger partial charge in [-0.25, -0.2) is 4.70 Å². The first-order chi connectivity index (χ1) is 40.0. The zero-order chi connectivity index (χ0) is 58.2. The van der Waals surface area contributed by atoms with Gasteiger partial charge in [0.1, 0.15) is 0 Å². The molecule has 3 heteroatoms. The van der Waals surface area contributed by atoms with Gasteiger partial charge in [0.15, 0.2) is 0 Å². The molecule has 0 fully saturated rings. The summed E-state index contributed by atoms with van der Waals surface area (Å²) in [5.41, 5.74) is 21.2. The van der Waals surface area contributed by atoms with Crippen LogP contribution in [0, 0.1) is 13.8 Å². The summed E-state index contributed by atoms with van der Waals surface area (Å²) in [4.78, 5) is 0. The van der Waals surface area contributed by atoms with E-state index in [2.05, 4.69) is 90.1 Å². The van der Waals surface area contributed by atoms with Crippen LogP contribution in [0.15, 0.2) is 59.7 Å². The average molecular weight is 1160 g/mol. The van der Waals surface area contributed by atoms with Crippen molar-refractivity contribution in [1.82, 2.24) is 0 Å². The Kier molecular flexibility index (Phi) is 53.0. The van der Waals surface area contributed by atoms with Crippen LogP contribution in [0.2, 0.25) is 10.8 Å². The van der Waals surface area contributed by atoms with Crippen molar-refractivity contribution in [3.63, 3.8) is 0 Å². The molecule has 0 amide bonds. The Morgan fingerprint density at radius 1 is 0.284 bits per heavy atom. The molecule has 0 spiro atoms. The summed E-state index contributed by atoms with van der Waals surface area (Å²) in [6, 6.07) is 17.3. The van der Waals surface area contributed by atoms with Crippen molar-refractivity contribution in [2.75, 3.05) is 0 Å². The second kappa shape index (κ2) is 57.1. The summed E-state index contributed by atoms with van der Waals surface area (Å²) in [6.07, 6.45) is 76.7. The normalized spacial score (nSPS) is 12.6. The molecule has 3 rings (SSSR count). The Hall–Kier alpha value is -1.99. The number of benzene rings is 2. The fourth-order valence-electron chi connectivity index (χ4n) is 12.4. The molecule has 2 nitrogen and oxygen atoms in total. The zero-order valence-electron chi connectivity index (χ0n) is 55.4. The smallest absolute Gasteiger partial charge is 0.0654 e. The van der Waals surface area contributed by atoms with E-state index in [9.17, 15) is 5.53 Å². The number of hydrogen-bond acceptors (Lipinski definition) is 0. The van der Waals surface area contributed by atoms with E-state index in [0.717, 1.165) is 48.2 Å². The Labute approximate surface area is 514 Å². The minimum absolute atomic E-state index is 0.998. The van der Waals surface area contributed by atoms with Crippen LogP contribution in [0.1, 0.15) is 397 Å². The van der Waals surface area contributed by atoms with Crippen LogP contribution < -0.4 is 0 Å². The van der Waals surface area contributed by atoms with Gasteiger partial charge in [-0.3, -0.25) is 0 Å². The third-order valence-electron chi connectivity index (χ3n) is 17.7. The molecule has 0 atom stereocenters.